The van der Waals surface area contributed by atoms with Crippen LogP contribution in [-0.2, 0) is 16.0 Å². The molecule has 0 saturated heterocycles. The van der Waals surface area contributed by atoms with E-state index in [-0.39, 0.29) is 18.2 Å². The maximum Gasteiger partial charge on any atom is 0.328 e. The fourth-order valence-corrected chi connectivity index (χ4v) is 2.18. The quantitative estimate of drug-likeness (QED) is 0.604. The summed E-state index contributed by atoms with van der Waals surface area (Å²) in [4.78, 5) is 35.0. The first-order chi connectivity index (χ1) is 11.5. The molecule has 130 valence electrons. The lowest BCUT2D eigenvalue weighted by Gasteiger charge is -2.14. The molecule has 0 bridgehead atoms. The average molecular weight is 335 g/mol. The van der Waals surface area contributed by atoms with Gasteiger partial charge in [-0.25, -0.2) is 14.8 Å². The predicted octanol–water partition coefficient (Wildman–Crippen LogP) is 0.712. The number of nitrogens with one attached hydrogen (secondary N) is 2. The zero-order valence-corrected chi connectivity index (χ0v) is 13.6. The van der Waals surface area contributed by atoms with Crippen molar-refractivity contribution in [2.45, 2.75) is 38.3 Å². The van der Waals surface area contributed by atoms with Crippen LogP contribution in [0.25, 0.3) is 0 Å². The van der Waals surface area contributed by atoms with Crippen LogP contribution < -0.4 is 11.1 Å². The number of aromatic amines is 1. The number of oxazole rings is 1. The average Bonchev–Trinajstić information content (AvgIpc) is 3.25. The van der Waals surface area contributed by atoms with E-state index < -0.39 is 17.9 Å². The molecule has 2 atom stereocenters. The maximum atomic E-state index is 12.3. The standard InChI is InChI=1S/C15H21N5O4/c1-3-4-10(16)14-20-12(7-24-14)13(21)19-11(15(22)23-2)5-9-6-17-8-18-9/h6-8,10-11H,3-5,16H2,1-2H3,(H,17,18)(H,19,21). The molecule has 0 radical (unpaired) electrons. The molecule has 0 spiro atoms. The highest BCUT2D eigenvalue weighted by atomic mass is 16.5. The summed E-state index contributed by atoms with van der Waals surface area (Å²) in [6.07, 6.45) is 6.08. The highest BCUT2D eigenvalue weighted by molar-refractivity contribution is 5.95. The number of carbonyl (C=O) groups is 2. The molecule has 1 amide bonds. The zero-order valence-electron chi connectivity index (χ0n) is 13.6. The molecule has 9 heteroatoms. The molecule has 0 saturated carbocycles. The lowest BCUT2D eigenvalue weighted by Crippen LogP contribution is -2.43. The molecule has 0 aromatic carbocycles. The molecular formula is C15H21N5O4. The van der Waals surface area contributed by atoms with Crippen molar-refractivity contribution in [1.29, 1.82) is 0 Å². The van der Waals surface area contributed by atoms with Gasteiger partial charge in [-0.1, -0.05) is 13.3 Å². The molecule has 24 heavy (non-hydrogen) atoms. The maximum absolute atomic E-state index is 12.3. The van der Waals surface area contributed by atoms with Crippen LogP contribution in [0.1, 0.15) is 47.9 Å². The van der Waals surface area contributed by atoms with Crippen LogP contribution in [0, 0.1) is 0 Å². The van der Waals surface area contributed by atoms with Gasteiger partial charge in [-0.3, -0.25) is 4.79 Å². The van der Waals surface area contributed by atoms with Crippen LogP contribution in [0.5, 0.6) is 0 Å². The highest BCUT2D eigenvalue weighted by Gasteiger charge is 2.25. The Labute approximate surface area is 139 Å². The summed E-state index contributed by atoms with van der Waals surface area (Å²) in [6, 6.07) is -1.23. The van der Waals surface area contributed by atoms with Crippen LogP contribution in [0.4, 0.5) is 0 Å². The summed E-state index contributed by atoms with van der Waals surface area (Å²) >= 11 is 0. The molecule has 2 aromatic heterocycles. The first-order valence-electron chi connectivity index (χ1n) is 7.62. The number of amides is 1. The second-order valence-electron chi connectivity index (χ2n) is 5.30. The van der Waals surface area contributed by atoms with Crippen molar-refractivity contribution in [1.82, 2.24) is 20.3 Å². The number of nitrogens with zero attached hydrogens (tertiary/aromatic N) is 2. The third-order valence-corrected chi connectivity index (χ3v) is 3.44. The number of aromatic nitrogens is 3. The molecule has 0 aliphatic rings. The van der Waals surface area contributed by atoms with E-state index in [1.807, 2.05) is 6.92 Å². The lowest BCUT2D eigenvalue weighted by atomic mass is 10.1. The third-order valence-electron chi connectivity index (χ3n) is 3.44. The van der Waals surface area contributed by atoms with Crippen LogP contribution in [0.15, 0.2) is 23.2 Å². The molecular weight excluding hydrogens is 314 g/mol. The van der Waals surface area contributed by atoms with Gasteiger partial charge in [0.1, 0.15) is 12.3 Å². The van der Waals surface area contributed by atoms with Gasteiger partial charge in [-0.2, -0.15) is 0 Å². The Balaban J connectivity index is 2.05. The molecule has 2 aromatic rings. The van der Waals surface area contributed by atoms with Gasteiger partial charge < -0.3 is 25.2 Å². The largest absolute Gasteiger partial charge is 0.467 e. The van der Waals surface area contributed by atoms with Gasteiger partial charge in [0, 0.05) is 18.3 Å². The Morgan fingerprint density at radius 2 is 2.29 bits per heavy atom. The minimum Gasteiger partial charge on any atom is -0.467 e. The van der Waals surface area contributed by atoms with Gasteiger partial charge in [0.15, 0.2) is 5.69 Å². The summed E-state index contributed by atoms with van der Waals surface area (Å²) in [5.41, 5.74) is 6.66. The Morgan fingerprint density at radius 1 is 1.50 bits per heavy atom. The molecule has 0 aliphatic heterocycles. The van der Waals surface area contributed by atoms with Crippen LogP contribution in [-0.4, -0.2) is 40.0 Å². The van der Waals surface area contributed by atoms with Crippen molar-refractivity contribution < 1.29 is 18.7 Å². The Kier molecular flexibility index (Phi) is 6.07. The van der Waals surface area contributed by atoms with E-state index in [0.29, 0.717) is 18.0 Å². The molecule has 9 nitrogen and oxygen atoms in total. The Morgan fingerprint density at radius 3 is 2.92 bits per heavy atom. The van der Waals surface area contributed by atoms with Crippen molar-refractivity contribution in [3.63, 3.8) is 0 Å². The molecule has 0 aliphatic carbocycles. The van der Waals surface area contributed by atoms with Crippen molar-refractivity contribution in [2.24, 2.45) is 5.73 Å². The summed E-state index contributed by atoms with van der Waals surface area (Å²) in [7, 11) is 1.26. The lowest BCUT2D eigenvalue weighted by molar-refractivity contribution is -0.142. The fourth-order valence-electron chi connectivity index (χ4n) is 2.18. The summed E-state index contributed by atoms with van der Waals surface area (Å²) in [5, 5.41) is 2.58. The van der Waals surface area contributed by atoms with Crippen LogP contribution >= 0.6 is 0 Å². The zero-order chi connectivity index (χ0) is 17.5. The van der Waals surface area contributed by atoms with Crippen molar-refractivity contribution in [3.8, 4) is 0 Å². The highest BCUT2D eigenvalue weighted by Crippen LogP contribution is 2.15. The fraction of sp³-hybridized carbons (Fsp3) is 0.467. The molecule has 0 fully saturated rings. The minimum absolute atomic E-state index is 0.0649. The number of esters is 1. The van der Waals surface area contributed by atoms with Gasteiger partial charge in [0.2, 0.25) is 5.89 Å². The second kappa shape index (κ2) is 8.25. The van der Waals surface area contributed by atoms with E-state index in [2.05, 4.69) is 20.3 Å². The molecule has 4 N–H and O–H groups in total. The van der Waals surface area contributed by atoms with Gasteiger partial charge in [0.25, 0.3) is 5.91 Å². The molecule has 2 heterocycles. The first kappa shape index (κ1) is 17.7. The molecule has 2 unspecified atom stereocenters. The number of rotatable bonds is 8. The van der Waals surface area contributed by atoms with Gasteiger partial charge in [0.05, 0.1) is 19.5 Å². The van der Waals surface area contributed by atoms with Crippen molar-refractivity contribution in [2.75, 3.05) is 7.11 Å². The summed E-state index contributed by atoms with van der Waals surface area (Å²) in [5.74, 6) is -0.807. The number of H-pyrrole nitrogens is 1. The number of hydrogen-bond donors (Lipinski definition) is 3. The topological polar surface area (TPSA) is 136 Å². The van der Waals surface area contributed by atoms with Crippen LogP contribution in [0.2, 0.25) is 0 Å². The monoisotopic (exact) mass is 335 g/mol. The number of hydrogen-bond acceptors (Lipinski definition) is 7. The van der Waals surface area contributed by atoms with Gasteiger partial charge in [-0.05, 0) is 6.42 Å². The number of ether oxygens (including phenoxy) is 1. The predicted molar refractivity (Wildman–Crippen MR) is 83.9 cm³/mol. The van der Waals surface area contributed by atoms with Crippen molar-refractivity contribution >= 4 is 11.9 Å². The SMILES string of the molecule is CCCC(N)c1nc(C(=O)NC(Cc2cnc[nH]2)C(=O)OC)co1. The first-order valence-corrected chi connectivity index (χ1v) is 7.62. The van der Waals surface area contributed by atoms with E-state index in [9.17, 15) is 9.59 Å². The van der Waals surface area contributed by atoms with Crippen LogP contribution in [0.3, 0.4) is 0 Å². The minimum atomic E-state index is -0.868. The van der Waals surface area contributed by atoms with E-state index >= 15 is 0 Å². The number of methoxy groups -OCH3 is 1. The van der Waals surface area contributed by atoms with E-state index in [0.717, 1.165) is 6.42 Å². The van der Waals surface area contributed by atoms with Gasteiger partial charge in [-0.15, -0.1) is 0 Å². The Bertz CT molecular complexity index is 667. The van der Waals surface area contributed by atoms with Crippen molar-refractivity contribution in [3.05, 3.63) is 36.1 Å². The smallest absolute Gasteiger partial charge is 0.328 e. The van der Waals surface area contributed by atoms with Gasteiger partial charge >= 0.3 is 5.97 Å². The number of carbonyl (C=O) groups excluding carboxylic acids is 2. The summed E-state index contributed by atoms with van der Waals surface area (Å²) < 4.78 is 9.97. The number of imidazole rings is 1. The molecule has 2 rings (SSSR count). The number of nitrogens with two attached hydrogens (primary N) is 1. The third kappa shape index (κ3) is 4.42. The normalized spacial score (nSPS) is 13.3. The second-order valence-corrected chi connectivity index (χ2v) is 5.30. The van der Waals surface area contributed by atoms with E-state index in [1.165, 1.54) is 19.7 Å². The Hall–Kier alpha value is -2.68. The van der Waals surface area contributed by atoms with E-state index in [1.54, 1.807) is 6.20 Å². The van der Waals surface area contributed by atoms with E-state index in [4.69, 9.17) is 14.9 Å². The summed E-state index contributed by atoms with van der Waals surface area (Å²) in [6.45, 7) is 1.99.